The standard InChI is InChI=1S/C24H20BrN5O3S/c1-16-7-10-18(13-21(16)30(32)33)23(31)26-14-22-27-28-24(29(22)20-5-3-2-4-6-20)34-15-17-8-11-19(25)12-9-17/h2-13H,14-15H2,1H3,(H,26,31). The molecular formula is C24H20BrN5O3S. The van der Waals surface area contributed by atoms with Crippen LogP contribution >= 0.6 is 27.7 Å². The lowest BCUT2D eigenvalue weighted by Crippen LogP contribution is -2.24. The lowest BCUT2D eigenvalue weighted by molar-refractivity contribution is -0.385. The minimum atomic E-state index is -0.493. The fourth-order valence-electron chi connectivity index (χ4n) is 3.28. The van der Waals surface area contributed by atoms with Crippen LogP contribution in [-0.4, -0.2) is 25.6 Å². The topological polar surface area (TPSA) is 103 Å². The summed E-state index contributed by atoms with van der Waals surface area (Å²) in [6, 6.07) is 22.2. The monoisotopic (exact) mass is 537 g/mol. The average Bonchev–Trinajstić information content (AvgIpc) is 3.25. The van der Waals surface area contributed by atoms with Crippen LogP contribution in [0.1, 0.15) is 27.3 Å². The Hall–Kier alpha value is -3.50. The van der Waals surface area contributed by atoms with Gasteiger partial charge in [0.1, 0.15) is 0 Å². The Morgan fingerprint density at radius 1 is 1.09 bits per heavy atom. The first-order chi connectivity index (χ1) is 16.4. The third-order valence-corrected chi connectivity index (χ3v) is 6.60. The fraction of sp³-hybridized carbons (Fsp3) is 0.125. The van der Waals surface area contributed by atoms with Crippen LogP contribution in [0.2, 0.25) is 0 Å². The number of thioether (sulfide) groups is 1. The summed E-state index contributed by atoms with van der Waals surface area (Å²) in [4.78, 5) is 23.4. The molecule has 0 spiro atoms. The van der Waals surface area contributed by atoms with E-state index in [1.54, 1.807) is 30.8 Å². The number of aromatic nitrogens is 3. The molecule has 0 aliphatic rings. The SMILES string of the molecule is Cc1ccc(C(=O)NCc2nnc(SCc3ccc(Br)cc3)n2-c2ccccc2)cc1[N+](=O)[O-]. The highest BCUT2D eigenvalue weighted by Gasteiger charge is 2.18. The van der Waals surface area contributed by atoms with Gasteiger partial charge in [0.15, 0.2) is 11.0 Å². The quantitative estimate of drug-likeness (QED) is 0.181. The van der Waals surface area contributed by atoms with Gasteiger partial charge < -0.3 is 5.32 Å². The molecule has 4 rings (SSSR count). The van der Waals surface area contributed by atoms with Crippen molar-refractivity contribution in [1.82, 2.24) is 20.1 Å². The Morgan fingerprint density at radius 3 is 2.53 bits per heavy atom. The largest absolute Gasteiger partial charge is 0.345 e. The van der Waals surface area contributed by atoms with Crippen LogP contribution in [0.4, 0.5) is 5.69 Å². The predicted molar refractivity (Wildman–Crippen MR) is 134 cm³/mol. The molecule has 1 heterocycles. The molecule has 0 bridgehead atoms. The van der Waals surface area contributed by atoms with E-state index in [4.69, 9.17) is 0 Å². The number of halogens is 1. The van der Waals surface area contributed by atoms with Crippen molar-refractivity contribution < 1.29 is 9.72 Å². The Labute approximate surface area is 208 Å². The van der Waals surface area contributed by atoms with Crippen LogP contribution in [0.25, 0.3) is 5.69 Å². The van der Waals surface area contributed by atoms with E-state index in [2.05, 4.69) is 31.4 Å². The van der Waals surface area contributed by atoms with E-state index in [0.29, 0.717) is 22.3 Å². The minimum Gasteiger partial charge on any atom is -0.345 e. The maximum atomic E-state index is 12.7. The van der Waals surface area contributed by atoms with Gasteiger partial charge in [0.05, 0.1) is 11.5 Å². The number of carbonyl (C=O) groups excluding carboxylic acids is 1. The molecule has 0 atom stereocenters. The maximum absolute atomic E-state index is 12.7. The van der Waals surface area contributed by atoms with Crippen LogP contribution in [0, 0.1) is 17.0 Å². The fourth-order valence-corrected chi connectivity index (χ4v) is 4.47. The third-order valence-electron chi connectivity index (χ3n) is 5.07. The molecule has 0 saturated heterocycles. The molecule has 0 fully saturated rings. The third kappa shape index (κ3) is 5.52. The molecule has 0 aliphatic carbocycles. The van der Waals surface area contributed by atoms with Crippen molar-refractivity contribution in [1.29, 1.82) is 0 Å². The van der Waals surface area contributed by atoms with E-state index in [1.807, 2.05) is 59.2 Å². The van der Waals surface area contributed by atoms with Gasteiger partial charge in [-0.25, -0.2) is 0 Å². The van der Waals surface area contributed by atoms with Gasteiger partial charge in [0, 0.05) is 33.1 Å². The molecule has 34 heavy (non-hydrogen) atoms. The van der Waals surface area contributed by atoms with Crippen molar-refractivity contribution in [3.8, 4) is 5.69 Å². The number of aryl methyl sites for hydroxylation is 1. The number of nitro groups is 1. The van der Waals surface area contributed by atoms with E-state index >= 15 is 0 Å². The highest BCUT2D eigenvalue weighted by Crippen LogP contribution is 2.26. The van der Waals surface area contributed by atoms with Crippen molar-refractivity contribution in [3.63, 3.8) is 0 Å². The number of carbonyl (C=O) groups is 1. The molecule has 0 unspecified atom stereocenters. The van der Waals surface area contributed by atoms with E-state index in [-0.39, 0.29) is 17.8 Å². The minimum absolute atomic E-state index is 0.0910. The summed E-state index contributed by atoms with van der Waals surface area (Å²) in [5.74, 6) is 0.840. The highest BCUT2D eigenvalue weighted by atomic mass is 79.9. The summed E-state index contributed by atoms with van der Waals surface area (Å²) in [5.41, 5.74) is 2.64. The summed E-state index contributed by atoms with van der Waals surface area (Å²) in [5, 5.41) is 23.4. The van der Waals surface area contributed by atoms with E-state index < -0.39 is 10.8 Å². The van der Waals surface area contributed by atoms with Crippen LogP contribution in [0.3, 0.4) is 0 Å². The number of hydrogen-bond acceptors (Lipinski definition) is 6. The second-order valence-corrected chi connectivity index (χ2v) is 9.28. The summed E-state index contributed by atoms with van der Waals surface area (Å²) in [7, 11) is 0. The van der Waals surface area contributed by atoms with Crippen LogP contribution in [0.15, 0.2) is 82.4 Å². The highest BCUT2D eigenvalue weighted by molar-refractivity contribution is 9.10. The zero-order chi connectivity index (χ0) is 24.1. The van der Waals surface area contributed by atoms with Crippen molar-refractivity contribution in [2.75, 3.05) is 0 Å². The number of nitro benzene ring substituents is 1. The van der Waals surface area contributed by atoms with Gasteiger partial charge >= 0.3 is 0 Å². The van der Waals surface area contributed by atoms with Gasteiger partial charge in [0.25, 0.3) is 11.6 Å². The van der Waals surface area contributed by atoms with Gasteiger partial charge in [-0.1, -0.05) is 64.1 Å². The van der Waals surface area contributed by atoms with E-state index in [1.165, 1.54) is 6.07 Å². The smallest absolute Gasteiger partial charge is 0.273 e. The molecule has 0 radical (unpaired) electrons. The molecule has 0 saturated carbocycles. The Balaban J connectivity index is 1.54. The summed E-state index contributed by atoms with van der Waals surface area (Å²) in [6.07, 6.45) is 0. The number of nitrogens with zero attached hydrogens (tertiary/aromatic N) is 4. The van der Waals surface area contributed by atoms with Crippen molar-refractivity contribution in [2.45, 2.75) is 24.4 Å². The van der Waals surface area contributed by atoms with Crippen molar-refractivity contribution in [2.24, 2.45) is 0 Å². The molecule has 4 aromatic rings. The van der Waals surface area contributed by atoms with Crippen LogP contribution < -0.4 is 5.32 Å². The average molecular weight is 538 g/mol. The molecule has 0 aliphatic heterocycles. The van der Waals surface area contributed by atoms with Gasteiger partial charge in [-0.2, -0.15) is 0 Å². The second-order valence-electron chi connectivity index (χ2n) is 7.43. The Bertz CT molecular complexity index is 1330. The molecule has 8 nitrogen and oxygen atoms in total. The molecule has 10 heteroatoms. The lowest BCUT2D eigenvalue weighted by atomic mass is 10.1. The number of nitrogens with one attached hydrogen (secondary N) is 1. The van der Waals surface area contributed by atoms with Gasteiger partial charge in [-0.15, -0.1) is 10.2 Å². The normalized spacial score (nSPS) is 10.8. The summed E-state index contributed by atoms with van der Waals surface area (Å²) < 4.78 is 2.92. The second kappa shape index (κ2) is 10.6. The first kappa shape index (κ1) is 23.7. The van der Waals surface area contributed by atoms with Crippen molar-refractivity contribution in [3.05, 3.63) is 110 Å². The first-order valence-corrected chi connectivity index (χ1v) is 12.1. The zero-order valence-corrected chi connectivity index (χ0v) is 20.5. The molecule has 1 amide bonds. The summed E-state index contributed by atoms with van der Waals surface area (Å²) in [6.45, 7) is 1.75. The predicted octanol–water partition coefficient (Wildman–Crippen LogP) is 5.47. The molecule has 1 aromatic heterocycles. The first-order valence-electron chi connectivity index (χ1n) is 10.3. The summed E-state index contributed by atoms with van der Waals surface area (Å²) >= 11 is 4.99. The number of para-hydroxylation sites is 1. The van der Waals surface area contributed by atoms with Crippen LogP contribution in [-0.2, 0) is 12.3 Å². The Kier molecular flexibility index (Phi) is 7.39. The zero-order valence-electron chi connectivity index (χ0n) is 18.1. The van der Waals surface area contributed by atoms with Gasteiger partial charge in [-0.05, 0) is 42.8 Å². The maximum Gasteiger partial charge on any atom is 0.273 e. The lowest BCUT2D eigenvalue weighted by Gasteiger charge is -2.11. The molecule has 1 N–H and O–H groups in total. The van der Waals surface area contributed by atoms with Gasteiger partial charge in [0.2, 0.25) is 0 Å². The van der Waals surface area contributed by atoms with Crippen LogP contribution in [0.5, 0.6) is 0 Å². The number of benzene rings is 3. The molecule has 3 aromatic carbocycles. The molecular weight excluding hydrogens is 518 g/mol. The van der Waals surface area contributed by atoms with E-state index in [0.717, 1.165) is 15.7 Å². The molecule has 172 valence electrons. The number of rotatable bonds is 8. The van der Waals surface area contributed by atoms with Gasteiger partial charge in [-0.3, -0.25) is 19.5 Å². The van der Waals surface area contributed by atoms with Crippen molar-refractivity contribution >= 4 is 39.3 Å². The van der Waals surface area contributed by atoms with E-state index in [9.17, 15) is 14.9 Å². The number of amides is 1. The Morgan fingerprint density at radius 2 is 1.82 bits per heavy atom. The number of hydrogen-bond donors (Lipinski definition) is 1.